The van der Waals surface area contributed by atoms with Crippen LogP contribution in [0.4, 0.5) is 0 Å². The molecule has 0 aromatic heterocycles. The highest BCUT2D eigenvalue weighted by Gasteiger charge is 2.18. The number of carbonyl (C=O) groups excluding carboxylic acids is 2. The first kappa shape index (κ1) is 20.0. The number of hydrogen-bond donors (Lipinski definition) is 3. The van der Waals surface area contributed by atoms with Crippen molar-refractivity contribution in [3.05, 3.63) is 29.3 Å². The fourth-order valence-corrected chi connectivity index (χ4v) is 2.19. The van der Waals surface area contributed by atoms with Gasteiger partial charge >= 0.3 is 0 Å². The van der Waals surface area contributed by atoms with Crippen molar-refractivity contribution in [3.63, 3.8) is 0 Å². The van der Waals surface area contributed by atoms with Crippen LogP contribution in [0.2, 0.25) is 0 Å². The highest BCUT2D eigenvalue weighted by atomic mass is 16.5. The van der Waals surface area contributed by atoms with E-state index in [2.05, 4.69) is 10.6 Å². The quantitative estimate of drug-likeness (QED) is 0.667. The standard InChI is InChI=1S/C18H29N3O3/c1-11(2)16(19)18(23)20-9-15(22)21-14(5)10-24-17-12(3)7-6-8-13(17)4/h6-8,11,14,16H,9-10,19H2,1-5H3,(H,20,23)(H,21,22)/t14?,16-/m0/s1. The van der Waals surface area contributed by atoms with E-state index in [0.29, 0.717) is 6.61 Å². The van der Waals surface area contributed by atoms with Crippen LogP contribution < -0.4 is 21.1 Å². The molecule has 1 aromatic rings. The largest absolute Gasteiger partial charge is 0.491 e. The first-order chi connectivity index (χ1) is 11.2. The van der Waals surface area contributed by atoms with Gasteiger partial charge in [0.2, 0.25) is 11.8 Å². The van der Waals surface area contributed by atoms with E-state index in [9.17, 15) is 9.59 Å². The van der Waals surface area contributed by atoms with Crippen molar-refractivity contribution in [2.75, 3.05) is 13.2 Å². The topological polar surface area (TPSA) is 93.5 Å². The molecular formula is C18H29N3O3. The van der Waals surface area contributed by atoms with Gasteiger partial charge in [-0.15, -0.1) is 0 Å². The lowest BCUT2D eigenvalue weighted by Gasteiger charge is -2.18. The Balaban J connectivity index is 2.38. The predicted molar refractivity (Wildman–Crippen MR) is 94.8 cm³/mol. The Labute approximate surface area is 144 Å². The van der Waals surface area contributed by atoms with Gasteiger partial charge in [-0.05, 0) is 37.8 Å². The molecule has 1 rings (SSSR count). The second-order valence-electron chi connectivity index (χ2n) is 6.49. The molecule has 0 heterocycles. The van der Waals surface area contributed by atoms with Gasteiger partial charge in [0.15, 0.2) is 0 Å². The van der Waals surface area contributed by atoms with E-state index >= 15 is 0 Å². The molecule has 0 aliphatic heterocycles. The molecule has 6 nitrogen and oxygen atoms in total. The molecule has 134 valence electrons. The molecule has 2 amide bonds. The lowest BCUT2D eigenvalue weighted by atomic mass is 10.1. The zero-order valence-electron chi connectivity index (χ0n) is 15.2. The van der Waals surface area contributed by atoms with E-state index < -0.39 is 6.04 Å². The molecule has 2 atom stereocenters. The molecule has 6 heteroatoms. The van der Waals surface area contributed by atoms with Gasteiger partial charge in [-0.1, -0.05) is 32.0 Å². The Morgan fingerprint density at radius 2 is 1.75 bits per heavy atom. The third-order valence-electron chi connectivity index (χ3n) is 3.74. The summed E-state index contributed by atoms with van der Waals surface area (Å²) < 4.78 is 5.80. The summed E-state index contributed by atoms with van der Waals surface area (Å²) >= 11 is 0. The number of para-hydroxylation sites is 1. The Kier molecular flexibility index (Phi) is 7.71. The van der Waals surface area contributed by atoms with E-state index in [1.807, 2.05) is 52.8 Å². The number of carbonyl (C=O) groups is 2. The summed E-state index contributed by atoms with van der Waals surface area (Å²) in [4.78, 5) is 23.6. The number of rotatable bonds is 8. The molecule has 24 heavy (non-hydrogen) atoms. The minimum atomic E-state index is -0.609. The third-order valence-corrected chi connectivity index (χ3v) is 3.74. The van der Waals surface area contributed by atoms with Gasteiger partial charge in [-0.25, -0.2) is 0 Å². The number of aryl methyl sites for hydroxylation is 2. The summed E-state index contributed by atoms with van der Waals surface area (Å²) in [5.74, 6) is 0.282. The molecule has 0 fully saturated rings. The summed E-state index contributed by atoms with van der Waals surface area (Å²) in [6.45, 7) is 9.81. The Morgan fingerprint density at radius 1 is 1.17 bits per heavy atom. The van der Waals surface area contributed by atoms with Gasteiger partial charge in [-0.3, -0.25) is 9.59 Å². The van der Waals surface area contributed by atoms with Crippen LogP contribution in [0, 0.1) is 19.8 Å². The predicted octanol–water partition coefficient (Wildman–Crippen LogP) is 1.29. The molecule has 0 saturated heterocycles. The van der Waals surface area contributed by atoms with Crippen molar-refractivity contribution < 1.29 is 14.3 Å². The second-order valence-corrected chi connectivity index (χ2v) is 6.49. The number of nitrogens with one attached hydrogen (secondary N) is 2. The molecule has 1 aromatic carbocycles. The smallest absolute Gasteiger partial charge is 0.239 e. The van der Waals surface area contributed by atoms with Gasteiger partial charge in [0.25, 0.3) is 0 Å². The van der Waals surface area contributed by atoms with Gasteiger partial charge in [0.1, 0.15) is 12.4 Å². The van der Waals surface area contributed by atoms with Crippen LogP contribution in [0.5, 0.6) is 5.75 Å². The van der Waals surface area contributed by atoms with Crippen molar-refractivity contribution in [1.82, 2.24) is 10.6 Å². The van der Waals surface area contributed by atoms with Crippen LogP contribution in [-0.4, -0.2) is 37.0 Å². The zero-order valence-corrected chi connectivity index (χ0v) is 15.2. The number of nitrogens with two attached hydrogens (primary N) is 1. The molecular weight excluding hydrogens is 306 g/mol. The van der Waals surface area contributed by atoms with Crippen molar-refractivity contribution in [1.29, 1.82) is 0 Å². The number of hydrogen-bond acceptors (Lipinski definition) is 4. The maximum Gasteiger partial charge on any atom is 0.239 e. The number of amides is 2. The molecule has 0 spiro atoms. The van der Waals surface area contributed by atoms with E-state index in [-0.39, 0.29) is 30.3 Å². The lowest BCUT2D eigenvalue weighted by molar-refractivity contribution is -0.127. The minimum absolute atomic E-state index is 0.0257. The molecule has 0 saturated carbocycles. The van der Waals surface area contributed by atoms with E-state index in [0.717, 1.165) is 16.9 Å². The summed E-state index contributed by atoms with van der Waals surface area (Å²) in [5, 5.41) is 5.34. The molecule has 0 bridgehead atoms. The minimum Gasteiger partial charge on any atom is -0.491 e. The summed E-state index contributed by atoms with van der Waals surface area (Å²) in [5.41, 5.74) is 7.84. The Morgan fingerprint density at radius 3 is 2.29 bits per heavy atom. The first-order valence-corrected chi connectivity index (χ1v) is 8.24. The first-order valence-electron chi connectivity index (χ1n) is 8.24. The van der Waals surface area contributed by atoms with Crippen LogP contribution in [0.25, 0.3) is 0 Å². The highest BCUT2D eigenvalue weighted by molar-refractivity contribution is 5.87. The second kappa shape index (κ2) is 9.27. The molecule has 0 aliphatic rings. The van der Waals surface area contributed by atoms with Gasteiger partial charge in [-0.2, -0.15) is 0 Å². The Bertz CT molecular complexity index is 552. The molecule has 1 unspecified atom stereocenters. The average molecular weight is 335 g/mol. The fourth-order valence-electron chi connectivity index (χ4n) is 2.19. The number of ether oxygens (including phenoxy) is 1. The van der Waals surface area contributed by atoms with Crippen molar-refractivity contribution in [2.45, 2.75) is 46.7 Å². The molecule has 0 radical (unpaired) electrons. The van der Waals surface area contributed by atoms with Crippen molar-refractivity contribution in [2.24, 2.45) is 11.7 Å². The van der Waals surface area contributed by atoms with E-state index in [1.54, 1.807) is 0 Å². The van der Waals surface area contributed by atoms with Crippen LogP contribution in [-0.2, 0) is 9.59 Å². The van der Waals surface area contributed by atoms with Crippen LogP contribution in [0.3, 0.4) is 0 Å². The van der Waals surface area contributed by atoms with Gasteiger partial charge in [0, 0.05) is 0 Å². The fraction of sp³-hybridized carbons (Fsp3) is 0.556. The van der Waals surface area contributed by atoms with Crippen LogP contribution in [0.1, 0.15) is 31.9 Å². The van der Waals surface area contributed by atoms with Crippen LogP contribution >= 0.6 is 0 Å². The summed E-state index contributed by atoms with van der Waals surface area (Å²) in [7, 11) is 0. The van der Waals surface area contributed by atoms with E-state index in [1.165, 1.54) is 0 Å². The maximum atomic E-state index is 11.9. The summed E-state index contributed by atoms with van der Waals surface area (Å²) in [6, 6.07) is 5.17. The SMILES string of the molecule is Cc1cccc(C)c1OCC(C)NC(=O)CNC(=O)[C@@H](N)C(C)C. The van der Waals surface area contributed by atoms with Crippen LogP contribution in [0.15, 0.2) is 18.2 Å². The maximum absolute atomic E-state index is 11.9. The third kappa shape index (κ3) is 6.20. The molecule has 4 N–H and O–H groups in total. The number of benzene rings is 1. The van der Waals surface area contributed by atoms with Crippen molar-refractivity contribution in [3.8, 4) is 5.75 Å². The molecule has 0 aliphatic carbocycles. The summed E-state index contributed by atoms with van der Waals surface area (Å²) in [6.07, 6.45) is 0. The lowest BCUT2D eigenvalue weighted by Crippen LogP contribution is -2.48. The average Bonchev–Trinajstić information content (AvgIpc) is 2.51. The van der Waals surface area contributed by atoms with E-state index in [4.69, 9.17) is 10.5 Å². The van der Waals surface area contributed by atoms with Crippen molar-refractivity contribution >= 4 is 11.8 Å². The van der Waals surface area contributed by atoms with Gasteiger partial charge < -0.3 is 21.1 Å². The monoisotopic (exact) mass is 335 g/mol. The Hall–Kier alpha value is -2.08. The van der Waals surface area contributed by atoms with Gasteiger partial charge in [0.05, 0.1) is 18.6 Å². The normalized spacial score (nSPS) is 13.3. The zero-order chi connectivity index (χ0) is 18.3. The highest BCUT2D eigenvalue weighted by Crippen LogP contribution is 2.22.